The first-order chi connectivity index (χ1) is 30.2. The van der Waals surface area contributed by atoms with Crippen LogP contribution in [0.3, 0.4) is 0 Å². The minimum atomic E-state index is 0.847. The van der Waals surface area contributed by atoms with Crippen molar-refractivity contribution < 1.29 is 8.83 Å². The number of hydrogen-bond donors (Lipinski definition) is 0. The Morgan fingerprint density at radius 1 is 0.279 bits per heavy atom. The molecule has 0 saturated carbocycles. The van der Waals surface area contributed by atoms with Crippen molar-refractivity contribution in [1.82, 2.24) is 0 Å². The van der Waals surface area contributed by atoms with E-state index in [1.54, 1.807) is 0 Å². The predicted octanol–water partition coefficient (Wildman–Crippen LogP) is 16.8. The van der Waals surface area contributed by atoms with E-state index in [1.165, 1.54) is 27.6 Å². The maximum atomic E-state index is 6.59. The van der Waals surface area contributed by atoms with Gasteiger partial charge in [-0.2, -0.15) is 0 Å². The molecule has 0 radical (unpaired) electrons. The lowest BCUT2D eigenvalue weighted by Gasteiger charge is -2.29. The van der Waals surface area contributed by atoms with Gasteiger partial charge in [0.15, 0.2) is 0 Å². The summed E-state index contributed by atoms with van der Waals surface area (Å²) in [5.41, 5.74) is 15.9. The molecule has 12 aromatic rings. The number of benzene rings is 10. The second-order valence-electron chi connectivity index (χ2n) is 15.6. The van der Waals surface area contributed by atoms with E-state index in [0.29, 0.717) is 0 Å². The molecule has 61 heavy (non-hydrogen) atoms. The third-order valence-corrected chi connectivity index (χ3v) is 12.1. The quantitative estimate of drug-likeness (QED) is 0.161. The van der Waals surface area contributed by atoms with Gasteiger partial charge in [-0.05, 0) is 110 Å². The van der Waals surface area contributed by atoms with Gasteiger partial charge in [0.05, 0.1) is 16.8 Å². The minimum Gasteiger partial charge on any atom is -0.456 e. The predicted molar refractivity (Wildman–Crippen MR) is 255 cm³/mol. The van der Waals surface area contributed by atoms with Gasteiger partial charge in [0.1, 0.15) is 22.3 Å². The SMILES string of the molecule is c1ccc(-c2ccc(-c3ccc(N(c4ccccc4-c4cccc5oc6cc7ccccc7cc6c45)c4cccc5oc6ccccc6c45)cc3)cc2-c2ccccc2)cc1. The van der Waals surface area contributed by atoms with Crippen LogP contribution in [0.4, 0.5) is 17.1 Å². The minimum absolute atomic E-state index is 0.847. The first-order valence-electron chi connectivity index (χ1n) is 20.7. The van der Waals surface area contributed by atoms with E-state index in [0.717, 1.165) is 88.6 Å². The molecule has 2 aromatic heterocycles. The van der Waals surface area contributed by atoms with E-state index in [2.05, 4.69) is 217 Å². The molecule has 0 atom stereocenters. The Morgan fingerprint density at radius 2 is 0.852 bits per heavy atom. The monoisotopic (exact) mass is 779 g/mol. The first kappa shape index (κ1) is 34.9. The first-order valence-corrected chi connectivity index (χ1v) is 20.7. The fourth-order valence-corrected chi connectivity index (χ4v) is 9.24. The van der Waals surface area contributed by atoms with Crippen LogP contribution in [-0.4, -0.2) is 0 Å². The number of nitrogens with zero attached hydrogens (tertiary/aromatic N) is 1. The van der Waals surface area contributed by atoms with E-state index >= 15 is 0 Å². The molecule has 0 bridgehead atoms. The van der Waals surface area contributed by atoms with Crippen LogP contribution in [0.5, 0.6) is 0 Å². The van der Waals surface area contributed by atoms with Crippen molar-refractivity contribution in [2.75, 3.05) is 4.90 Å². The highest BCUT2D eigenvalue weighted by Gasteiger charge is 2.24. The molecule has 3 heteroatoms. The van der Waals surface area contributed by atoms with Gasteiger partial charge in [-0.15, -0.1) is 0 Å². The van der Waals surface area contributed by atoms with Crippen molar-refractivity contribution in [2.24, 2.45) is 0 Å². The molecule has 3 nitrogen and oxygen atoms in total. The number of hydrogen-bond acceptors (Lipinski definition) is 3. The molecule has 0 spiro atoms. The van der Waals surface area contributed by atoms with Gasteiger partial charge in [-0.3, -0.25) is 0 Å². The summed E-state index contributed by atoms with van der Waals surface area (Å²) in [5.74, 6) is 0. The summed E-state index contributed by atoms with van der Waals surface area (Å²) in [4.78, 5) is 2.40. The van der Waals surface area contributed by atoms with Crippen LogP contribution >= 0.6 is 0 Å². The van der Waals surface area contributed by atoms with Gasteiger partial charge in [-0.25, -0.2) is 0 Å². The molecule has 0 aliphatic carbocycles. The van der Waals surface area contributed by atoms with Crippen LogP contribution in [0.1, 0.15) is 0 Å². The van der Waals surface area contributed by atoms with Gasteiger partial charge in [0.25, 0.3) is 0 Å². The second kappa shape index (κ2) is 14.3. The lowest BCUT2D eigenvalue weighted by Crippen LogP contribution is -2.11. The molecule has 286 valence electrons. The summed E-state index contributed by atoms with van der Waals surface area (Å²) < 4.78 is 13.1. The molecule has 0 saturated heterocycles. The number of fused-ring (bicyclic) bond motifs is 7. The molecule has 2 heterocycles. The Labute approximate surface area is 353 Å². The summed E-state index contributed by atoms with van der Waals surface area (Å²) in [6, 6.07) is 79.9. The number of anilines is 3. The Hall–Kier alpha value is -8.14. The summed E-state index contributed by atoms with van der Waals surface area (Å²) in [7, 11) is 0. The second-order valence-corrected chi connectivity index (χ2v) is 15.6. The maximum absolute atomic E-state index is 6.59. The van der Waals surface area contributed by atoms with Gasteiger partial charge in [0, 0.05) is 27.4 Å². The van der Waals surface area contributed by atoms with E-state index < -0.39 is 0 Å². The molecule has 0 N–H and O–H groups in total. The van der Waals surface area contributed by atoms with Crippen LogP contribution in [0, 0.1) is 0 Å². The van der Waals surface area contributed by atoms with E-state index in [4.69, 9.17) is 8.83 Å². The molecule has 0 fully saturated rings. The van der Waals surface area contributed by atoms with Crippen molar-refractivity contribution in [2.45, 2.75) is 0 Å². The van der Waals surface area contributed by atoms with Crippen molar-refractivity contribution >= 4 is 71.7 Å². The van der Waals surface area contributed by atoms with Gasteiger partial charge in [-0.1, -0.05) is 164 Å². The topological polar surface area (TPSA) is 29.5 Å². The molecular formula is C58H37NO2. The molecule has 0 aliphatic rings. The van der Waals surface area contributed by atoms with Crippen molar-refractivity contribution in [3.63, 3.8) is 0 Å². The van der Waals surface area contributed by atoms with Crippen LogP contribution in [0.2, 0.25) is 0 Å². The number of furan rings is 2. The van der Waals surface area contributed by atoms with Crippen molar-refractivity contribution in [1.29, 1.82) is 0 Å². The zero-order valence-corrected chi connectivity index (χ0v) is 33.1. The van der Waals surface area contributed by atoms with Gasteiger partial charge < -0.3 is 13.7 Å². The average molecular weight is 780 g/mol. The van der Waals surface area contributed by atoms with E-state index in [-0.39, 0.29) is 0 Å². The smallest absolute Gasteiger partial charge is 0.137 e. The summed E-state index contributed by atoms with van der Waals surface area (Å²) in [5, 5.41) is 6.70. The standard InChI is InChI=1S/C58H37NO2/c1-3-15-39(16-4-1)45-34-31-43(35-49(45)40-17-5-2-6-18-40)38-29-32-44(33-30-38)59(52-25-14-28-55-58(52)48-22-10-12-26-53(48)60-55)51-24-11-9-21-46(51)47-23-13-27-54-57(47)50-36-41-19-7-8-20-42(41)37-56(50)61-54/h1-37H. The summed E-state index contributed by atoms with van der Waals surface area (Å²) in [6.45, 7) is 0. The third-order valence-electron chi connectivity index (χ3n) is 12.1. The summed E-state index contributed by atoms with van der Waals surface area (Å²) in [6.07, 6.45) is 0. The van der Waals surface area contributed by atoms with Crippen LogP contribution in [-0.2, 0) is 0 Å². The molecule has 0 aliphatic heterocycles. The highest BCUT2D eigenvalue weighted by molar-refractivity contribution is 6.18. The highest BCUT2D eigenvalue weighted by atomic mass is 16.3. The number of rotatable bonds is 7. The molecular weight excluding hydrogens is 743 g/mol. The average Bonchev–Trinajstić information content (AvgIpc) is 3.90. The molecule has 10 aromatic carbocycles. The van der Waals surface area contributed by atoms with Crippen LogP contribution < -0.4 is 4.90 Å². The van der Waals surface area contributed by atoms with Crippen molar-refractivity contribution in [3.8, 4) is 44.5 Å². The largest absolute Gasteiger partial charge is 0.456 e. The number of para-hydroxylation sites is 2. The van der Waals surface area contributed by atoms with E-state index in [9.17, 15) is 0 Å². The Bertz CT molecular complexity index is 3580. The van der Waals surface area contributed by atoms with Gasteiger partial charge in [0.2, 0.25) is 0 Å². The van der Waals surface area contributed by atoms with Gasteiger partial charge >= 0.3 is 0 Å². The van der Waals surface area contributed by atoms with E-state index in [1.807, 2.05) is 12.1 Å². The molecule has 12 rings (SSSR count). The Morgan fingerprint density at radius 3 is 1.66 bits per heavy atom. The zero-order chi connectivity index (χ0) is 40.3. The zero-order valence-electron chi connectivity index (χ0n) is 33.1. The lowest BCUT2D eigenvalue weighted by molar-refractivity contribution is 0.669. The van der Waals surface area contributed by atoms with Crippen LogP contribution in [0.15, 0.2) is 233 Å². The normalized spacial score (nSPS) is 11.6. The maximum Gasteiger partial charge on any atom is 0.137 e. The Kier molecular flexibility index (Phi) is 8.17. The lowest BCUT2D eigenvalue weighted by atomic mass is 9.91. The molecule has 0 unspecified atom stereocenters. The Balaban J connectivity index is 1.05. The third kappa shape index (κ3) is 5.90. The van der Waals surface area contributed by atoms with Crippen LogP contribution in [0.25, 0.3) is 99.2 Å². The van der Waals surface area contributed by atoms with Crippen molar-refractivity contribution in [3.05, 3.63) is 224 Å². The summed E-state index contributed by atoms with van der Waals surface area (Å²) >= 11 is 0. The highest BCUT2D eigenvalue weighted by Crippen LogP contribution is 2.48. The fraction of sp³-hybridized carbons (Fsp3) is 0. The fourth-order valence-electron chi connectivity index (χ4n) is 9.24. The molecule has 0 amide bonds.